The Morgan fingerprint density at radius 1 is 1.64 bits per heavy atom. The number of hydrogen-bond donors (Lipinski definition) is 2. The standard InChI is InChI=1S/C8H9Br2NO2S/c9-4-3-6(14-8(4)10)5(11)1-2-7(12)13/h3,5H,1-2,11H2,(H,12,13). The van der Waals surface area contributed by atoms with Gasteiger partial charge in [0.15, 0.2) is 0 Å². The fourth-order valence-electron chi connectivity index (χ4n) is 0.967. The van der Waals surface area contributed by atoms with Gasteiger partial charge < -0.3 is 10.8 Å². The lowest BCUT2D eigenvalue weighted by Gasteiger charge is -2.06. The maximum Gasteiger partial charge on any atom is 0.303 e. The molecule has 78 valence electrons. The summed E-state index contributed by atoms with van der Waals surface area (Å²) >= 11 is 8.25. The van der Waals surface area contributed by atoms with E-state index in [1.54, 1.807) is 0 Å². The SMILES string of the molecule is NC(CCC(=O)O)c1cc(Br)c(Br)s1. The van der Waals surface area contributed by atoms with Gasteiger partial charge in [-0.25, -0.2) is 0 Å². The fraction of sp³-hybridized carbons (Fsp3) is 0.375. The monoisotopic (exact) mass is 341 g/mol. The molecular formula is C8H9Br2NO2S. The highest BCUT2D eigenvalue weighted by molar-refractivity contribution is 9.13. The van der Waals surface area contributed by atoms with E-state index in [0.717, 1.165) is 13.1 Å². The first-order valence-corrected chi connectivity index (χ1v) is 6.33. The van der Waals surface area contributed by atoms with Crippen molar-refractivity contribution >= 4 is 49.2 Å². The van der Waals surface area contributed by atoms with Crippen LogP contribution in [0.15, 0.2) is 14.3 Å². The number of hydrogen-bond acceptors (Lipinski definition) is 3. The van der Waals surface area contributed by atoms with E-state index in [2.05, 4.69) is 31.9 Å². The van der Waals surface area contributed by atoms with E-state index in [0.29, 0.717) is 6.42 Å². The predicted molar refractivity (Wildman–Crippen MR) is 63.5 cm³/mol. The summed E-state index contributed by atoms with van der Waals surface area (Å²) in [6, 6.07) is 1.72. The van der Waals surface area contributed by atoms with E-state index in [-0.39, 0.29) is 12.5 Å². The van der Waals surface area contributed by atoms with Gasteiger partial charge in [-0.2, -0.15) is 0 Å². The van der Waals surface area contributed by atoms with Gasteiger partial charge in [0.1, 0.15) is 0 Å². The number of nitrogens with two attached hydrogens (primary N) is 1. The maximum absolute atomic E-state index is 10.3. The highest BCUT2D eigenvalue weighted by Gasteiger charge is 2.12. The van der Waals surface area contributed by atoms with E-state index >= 15 is 0 Å². The van der Waals surface area contributed by atoms with Crippen molar-refractivity contribution in [3.8, 4) is 0 Å². The topological polar surface area (TPSA) is 63.3 Å². The van der Waals surface area contributed by atoms with Crippen molar-refractivity contribution in [3.05, 3.63) is 19.2 Å². The fourth-order valence-corrected chi connectivity index (χ4v) is 3.09. The minimum atomic E-state index is -0.810. The van der Waals surface area contributed by atoms with Crippen molar-refractivity contribution < 1.29 is 9.90 Å². The van der Waals surface area contributed by atoms with Crippen LogP contribution in [0, 0.1) is 0 Å². The highest BCUT2D eigenvalue weighted by atomic mass is 79.9. The van der Waals surface area contributed by atoms with Crippen LogP contribution in [0.2, 0.25) is 0 Å². The Kier molecular flexibility index (Phi) is 4.56. The normalized spacial score (nSPS) is 12.8. The minimum absolute atomic E-state index is 0.105. The molecule has 3 N–H and O–H groups in total. The number of carboxylic acid groups (broad SMARTS) is 1. The first-order valence-electron chi connectivity index (χ1n) is 3.93. The van der Waals surface area contributed by atoms with Crippen molar-refractivity contribution in [2.75, 3.05) is 0 Å². The molecule has 0 fully saturated rings. The second-order valence-electron chi connectivity index (χ2n) is 2.81. The molecular weight excluding hydrogens is 334 g/mol. The largest absolute Gasteiger partial charge is 0.481 e. The molecule has 0 amide bonds. The second-order valence-corrected chi connectivity index (χ2v) is 6.07. The summed E-state index contributed by atoms with van der Waals surface area (Å²) in [7, 11) is 0. The molecule has 1 atom stereocenters. The minimum Gasteiger partial charge on any atom is -0.481 e. The molecule has 0 saturated carbocycles. The van der Waals surface area contributed by atoms with Crippen LogP contribution in [-0.2, 0) is 4.79 Å². The van der Waals surface area contributed by atoms with Crippen molar-refractivity contribution in [2.45, 2.75) is 18.9 Å². The van der Waals surface area contributed by atoms with Crippen LogP contribution >= 0.6 is 43.2 Å². The Morgan fingerprint density at radius 2 is 2.29 bits per heavy atom. The number of halogens is 2. The summed E-state index contributed by atoms with van der Waals surface area (Å²) in [5, 5.41) is 8.50. The van der Waals surface area contributed by atoms with Crippen LogP contribution in [0.5, 0.6) is 0 Å². The summed E-state index contributed by atoms with van der Waals surface area (Å²) in [4.78, 5) is 11.3. The van der Waals surface area contributed by atoms with Crippen LogP contribution in [0.1, 0.15) is 23.8 Å². The third-order valence-corrected chi connectivity index (χ3v) is 5.09. The van der Waals surface area contributed by atoms with E-state index in [4.69, 9.17) is 10.8 Å². The molecule has 0 aliphatic heterocycles. The summed E-state index contributed by atoms with van der Waals surface area (Å²) in [6.45, 7) is 0. The molecule has 0 saturated heterocycles. The second kappa shape index (κ2) is 5.25. The molecule has 0 aliphatic carbocycles. The summed E-state index contributed by atoms with van der Waals surface area (Å²) < 4.78 is 1.95. The Bertz CT molecular complexity index is 321. The Morgan fingerprint density at radius 3 is 2.71 bits per heavy atom. The Hall–Kier alpha value is 0.0900. The zero-order valence-corrected chi connectivity index (χ0v) is 11.2. The van der Waals surface area contributed by atoms with Gasteiger partial charge in [-0.3, -0.25) is 4.79 Å². The molecule has 0 radical (unpaired) electrons. The van der Waals surface area contributed by atoms with E-state index in [1.807, 2.05) is 6.07 Å². The van der Waals surface area contributed by atoms with E-state index < -0.39 is 5.97 Å². The maximum atomic E-state index is 10.3. The van der Waals surface area contributed by atoms with Crippen LogP contribution < -0.4 is 5.73 Å². The van der Waals surface area contributed by atoms with Gasteiger partial charge in [-0.05, 0) is 44.3 Å². The molecule has 1 heterocycles. The lowest BCUT2D eigenvalue weighted by molar-refractivity contribution is -0.137. The lowest BCUT2D eigenvalue weighted by Crippen LogP contribution is -2.10. The van der Waals surface area contributed by atoms with Crippen LogP contribution in [0.25, 0.3) is 0 Å². The molecule has 0 aliphatic rings. The number of carbonyl (C=O) groups is 1. The van der Waals surface area contributed by atoms with Gasteiger partial charge >= 0.3 is 5.97 Å². The highest BCUT2D eigenvalue weighted by Crippen LogP contribution is 2.35. The number of aliphatic carboxylic acids is 1. The van der Waals surface area contributed by atoms with Gasteiger partial charge in [-0.1, -0.05) is 0 Å². The van der Waals surface area contributed by atoms with Crippen molar-refractivity contribution in [1.82, 2.24) is 0 Å². The average Bonchev–Trinajstić information content (AvgIpc) is 2.43. The quantitative estimate of drug-likeness (QED) is 0.883. The van der Waals surface area contributed by atoms with Crippen LogP contribution in [0.4, 0.5) is 0 Å². The molecule has 1 aromatic heterocycles. The molecule has 14 heavy (non-hydrogen) atoms. The van der Waals surface area contributed by atoms with Gasteiger partial charge in [0.05, 0.1) is 3.79 Å². The molecule has 1 rings (SSSR count). The Labute approximate surface area is 103 Å². The zero-order valence-electron chi connectivity index (χ0n) is 7.17. The third kappa shape index (κ3) is 3.34. The van der Waals surface area contributed by atoms with Crippen molar-refractivity contribution in [1.29, 1.82) is 0 Å². The molecule has 0 spiro atoms. The summed E-state index contributed by atoms with van der Waals surface area (Å²) in [5.41, 5.74) is 5.83. The first kappa shape index (κ1) is 12.2. The first-order chi connectivity index (χ1) is 6.50. The molecule has 6 heteroatoms. The number of rotatable bonds is 4. The number of carboxylic acids is 1. The predicted octanol–water partition coefficient (Wildman–Crippen LogP) is 3.14. The van der Waals surface area contributed by atoms with Crippen LogP contribution in [-0.4, -0.2) is 11.1 Å². The molecule has 1 unspecified atom stereocenters. The smallest absolute Gasteiger partial charge is 0.303 e. The van der Waals surface area contributed by atoms with E-state index in [9.17, 15) is 4.79 Å². The van der Waals surface area contributed by atoms with Crippen LogP contribution in [0.3, 0.4) is 0 Å². The zero-order chi connectivity index (χ0) is 10.7. The van der Waals surface area contributed by atoms with Gasteiger partial charge in [0.25, 0.3) is 0 Å². The number of thiophene rings is 1. The van der Waals surface area contributed by atoms with Gasteiger partial charge in [0, 0.05) is 21.8 Å². The Balaban J connectivity index is 2.60. The lowest BCUT2D eigenvalue weighted by atomic mass is 10.1. The third-order valence-electron chi connectivity index (χ3n) is 1.70. The molecule has 1 aromatic rings. The van der Waals surface area contributed by atoms with Gasteiger partial charge in [-0.15, -0.1) is 11.3 Å². The van der Waals surface area contributed by atoms with Crippen molar-refractivity contribution in [3.63, 3.8) is 0 Å². The molecule has 0 bridgehead atoms. The average molecular weight is 343 g/mol. The summed E-state index contributed by atoms with van der Waals surface area (Å²) in [5.74, 6) is -0.810. The van der Waals surface area contributed by atoms with Crippen molar-refractivity contribution in [2.24, 2.45) is 5.73 Å². The van der Waals surface area contributed by atoms with E-state index in [1.165, 1.54) is 11.3 Å². The molecule has 3 nitrogen and oxygen atoms in total. The molecule has 0 aromatic carbocycles. The van der Waals surface area contributed by atoms with Gasteiger partial charge in [0.2, 0.25) is 0 Å². The summed E-state index contributed by atoms with van der Waals surface area (Å²) in [6.07, 6.45) is 0.572.